The molecular formula is C16H31FN2O3S. The van der Waals surface area contributed by atoms with E-state index in [-0.39, 0.29) is 12.3 Å². The predicted molar refractivity (Wildman–Crippen MR) is 90.5 cm³/mol. The quantitative estimate of drug-likeness (QED) is 0.507. The van der Waals surface area contributed by atoms with Gasteiger partial charge in [0.05, 0.1) is 5.75 Å². The molecule has 0 radical (unpaired) electrons. The molecule has 7 heteroatoms. The number of likely N-dealkylation sites (tertiary alicyclic amines) is 1. The number of rotatable bonds is 12. The maximum absolute atomic E-state index is 12.7. The van der Waals surface area contributed by atoms with Crippen molar-refractivity contribution < 1.29 is 17.1 Å². The lowest BCUT2D eigenvalue weighted by Crippen LogP contribution is -2.32. The van der Waals surface area contributed by atoms with Crippen LogP contribution in [0, 0.1) is 5.92 Å². The molecule has 1 aliphatic rings. The first-order chi connectivity index (χ1) is 10.9. The Labute approximate surface area is 140 Å². The maximum Gasteiger partial charge on any atom is 0.302 e. The standard InChI is InChI=1S/C16H31FN2O3S/c1-3-5-8-18(9-6-4-2)10-7-11-19-13-15(12-16(19)20)14-23(17,21)22/h15H,3-14H2,1-2H3. The van der Waals surface area contributed by atoms with E-state index in [1.54, 1.807) is 4.90 Å². The van der Waals surface area contributed by atoms with Crippen LogP contribution >= 0.6 is 0 Å². The largest absolute Gasteiger partial charge is 0.342 e. The van der Waals surface area contributed by atoms with Crippen LogP contribution in [0.25, 0.3) is 0 Å². The molecule has 136 valence electrons. The van der Waals surface area contributed by atoms with Gasteiger partial charge in [0.2, 0.25) is 5.91 Å². The summed E-state index contributed by atoms with van der Waals surface area (Å²) >= 11 is 0. The summed E-state index contributed by atoms with van der Waals surface area (Å²) < 4.78 is 34.1. The van der Waals surface area contributed by atoms with Crippen molar-refractivity contribution in [3.8, 4) is 0 Å². The number of hydrogen-bond acceptors (Lipinski definition) is 4. The summed E-state index contributed by atoms with van der Waals surface area (Å²) in [5.74, 6) is -0.977. The molecule has 1 fully saturated rings. The molecule has 1 amide bonds. The zero-order valence-corrected chi connectivity index (χ0v) is 15.3. The van der Waals surface area contributed by atoms with Gasteiger partial charge in [0.25, 0.3) is 0 Å². The molecule has 0 aromatic rings. The molecule has 1 unspecified atom stereocenters. The molecule has 0 spiro atoms. The summed E-state index contributed by atoms with van der Waals surface area (Å²) in [7, 11) is -4.50. The highest BCUT2D eigenvalue weighted by Crippen LogP contribution is 2.20. The second kappa shape index (κ2) is 10.2. The summed E-state index contributed by atoms with van der Waals surface area (Å²) in [5.41, 5.74) is 0. The number of nitrogens with zero attached hydrogens (tertiary/aromatic N) is 2. The number of carbonyl (C=O) groups is 1. The summed E-state index contributed by atoms with van der Waals surface area (Å²) in [6.45, 7) is 8.50. The molecule has 0 aliphatic carbocycles. The zero-order valence-electron chi connectivity index (χ0n) is 14.5. The third-order valence-corrected chi connectivity index (χ3v) is 5.16. The van der Waals surface area contributed by atoms with Crippen molar-refractivity contribution in [1.29, 1.82) is 0 Å². The molecule has 0 bridgehead atoms. The smallest absolute Gasteiger partial charge is 0.302 e. The Balaban J connectivity index is 2.33. The number of halogens is 1. The van der Waals surface area contributed by atoms with E-state index in [2.05, 4.69) is 18.7 Å². The summed E-state index contributed by atoms with van der Waals surface area (Å²) in [4.78, 5) is 16.0. The normalized spacial score (nSPS) is 19.0. The highest BCUT2D eigenvalue weighted by molar-refractivity contribution is 7.86. The van der Waals surface area contributed by atoms with E-state index in [1.807, 2.05) is 0 Å². The molecule has 1 saturated heterocycles. The Morgan fingerprint density at radius 1 is 1.13 bits per heavy atom. The molecule has 0 N–H and O–H groups in total. The molecule has 5 nitrogen and oxygen atoms in total. The minimum absolute atomic E-state index is 0.0488. The Morgan fingerprint density at radius 3 is 2.22 bits per heavy atom. The highest BCUT2D eigenvalue weighted by atomic mass is 32.3. The van der Waals surface area contributed by atoms with Gasteiger partial charge in [-0.15, -0.1) is 3.89 Å². The van der Waals surface area contributed by atoms with Gasteiger partial charge < -0.3 is 9.80 Å². The van der Waals surface area contributed by atoms with Crippen LogP contribution in [-0.2, 0) is 15.0 Å². The lowest BCUT2D eigenvalue weighted by molar-refractivity contribution is -0.127. The number of carbonyl (C=O) groups excluding carboxylic acids is 1. The van der Waals surface area contributed by atoms with Crippen LogP contribution in [0.5, 0.6) is 0 Å². The number of hydrogen-bond donors (Lipinski definition) is 0. The van der Waals surface area contributed by atoms with Crippen molar-refractivity contribution in [2.24, 2.45) is 5.92 Å². The fraction of sp³-hybridized carbons (Fsp3) is 0.938. The van der Waals surface area contributed by atoms with Crippen LogP contribution in [0.15, 0.2) is 0 Å². The molecule has 0 aromatic heterocycles. The van der Waals surface area contributed by atoms with Gasteiger partial charge in [-0.05, 0) is 38.9 Å². The zero-order chi connectivity index (χ0) is 17.3. The first-order valence-corrected chi connectivity index (χ1v) is 10.3. The third kappa shape index (κ3) is 8.65. The fourth-order valence-electron chi connectivity index (χ4n) is 3.05. The van der Waals surface area contributed by atoms with E-state index >= 15 is 0 Å². The van der Waals surface area contributed by atoms with Crippen LogP contribution < -0.4 is 0 Å². The van der Waals surface area contributed by atoms with Crippen molar-refractivity contribution >= 4 is 16.1 Å². The van der Waals surface area contributed by atoms with Crippen LogP contribution in [0.1, 0.15) is 52.4 Å². The molecule has 1 aliphatic heterocycles. The first kappa shape index (κ1) is 20.4. The van der Waals surface area contributed by atoms with Crippen molar-refractivity contribution in [2.45, 2.75) is 52.4 Å². The van der Waals surface area contributed by atoms with Crippen LogP contribution in [0.4, 0.5) is 3.89 Å². The van der Waals surface area contributed by atoms with E-state index in [9.17, 15) is 17.1 Å². The second-order valence-corrected chi connectivity index (χ2v) is 7.93. The minimum atomic E-state index is -4.50. The van der Waals surface area contributed by atoms with Gasteiger partial charge in [-0.25, -0.2) is 0 Å². The third-order valence-electron chi connectivity index (χ3n) is 4.29. The van der Waals surface area contributed by atoms with Crippen LogP contribution in [0.3, 0.4) is 0 Å². The molecule has 0 aromatic carbocycles. The van der Waals surface area contributed by atoms with Crippen molar-refractivity contribution in [2.75, 3.05) is 38.5 Å². The van der Waals surface area contributed by atoms with E-state index in [0.717, 1.165) is 26.1 Å². The van der Waals surface area contributed by atoms with Gasteiger partial charge in [-0.1, -0.05) is 26.7 Å². The first-order valence-electron chi connectivity index (χ1n) is 8.78. The highest BCUT2D eigenvalue weighted by Gasteiger charge is 2.32. The lowest BCUT2D eigenvalue weighted by atomic mass is 10.1. The molecule has 23 heavy (non-hydrogen) atoms. The molecule has 1 heterocycles. The Morgan fingerprint density at radius 2 is 1.70 bits per heavy atom. The predicted octanol–water partition coefficient (Wildman–Crippen LogP) is 2.43. The SMILES string of the molecule is CCCCN(CCCC)CCCN1CC(CS(=O)(=O)F)CC1=O. The van der Waals surface area contributed by atoms with Crippen molar-refractivity contribution in [3.63, 3.8) is 0 Å². The van der Waals surface area contributed by atoms with Crippen LogP contribution in [-0.4, -0.2) is 62.6 Å². The van der Waals surface area contributed by atoms with Crippen LogP contribution in [0.2, 0.25) is 0 Å². The maximum atomic E-state index is 12.7. The fourth-order valence-corrected chi connectivity index (χ4v) is 3.83. The number of unbranched alkanes of at least 4 members (excludes halogenated alkanes) is 2. The van der Waals surface area contributed by atoms with Gasteiger partial charge in [0, 0.05) is 25.4 Å². The second-order valence-electron chi connectivity index (χ2n) is 6.52. The summed E-state index contributed by atoms with van der Waals surface area (Å²) in [6.07, 6.45) is 5.75. The average molecular weight is 351 g/mol. The minimum Gasteiger partial charge on any atom is -0.342 e. The Bertz CT molecular complexity index is 448. The average Bonchev–Trinajstić information content (AvgIpc) is 2.79. The Kier molecular flexibility index (Phi) is 9.06. The summed E-state index contributed by atoms with van der Waals surface area (Å²) in [5, 5.41) is 0. The van der Waals surface area contributed by atoms with Gasteiger partial charge in [-0.2, -0.15) is 8.42 Å². The van der Waals surface area contributed by atoms with Crippen molar-refractivity contribution in [3.05, 3.63) is 0 Å². The molecular weight excluding hydrogens is 319 g/mol. The monoisotopic (exact) mass is 350 g/mol. The van der Waals surface area contributed by atoms with Crippen molar-refractivity contribution in [1.82, 2.24) is 9.80 Å². The van der Waals surface area contributed by atoms with Gasteiger partial charge in [0.1, 0.15) is 0 Å². The molecule has 1 rings (SSSR count). The molecule has 0 saturated carbocycles. The van der Waals surface area contributed by atoms with Gasteiger partial charge in [0.15, 0.2) is 0 Å². The van der Waals surface area contributed by atoms with Gasteiger partial charge >= 0.3 is 10.2 Å². The van der Waals surface area contributed by atoms with E-state index < -0.39 is 21.9 Å². The number of amides is 1. The topological polar surface area (TPSA) is 57.7 Å². The molecule has 1 atom stereocenters. The summed E-state index contributed by atoms with van der Waals surface area (Å²) in [6, 6.07) is 0. The van der Waals surface area contributed by atoms with E-state index in [0.29, 0.717) is 13.1 Å². The lowest BCUT2D eigenvalue weighted by Gasteiger charge is -2.23. The van der Waals surface area contributed by atoms with E-state index in [4.69, 9.17) is 0 Å². The van der Waals surface area contributed by atoms with Gasteiger partial charge in [-0.3, -0.25) is 4.79 Å². The Hall–Kier alpha value is -0.690. The van der Waals surface area contributed by atoms with E-state index in [1.165, 1.54) is 25.7 Å².